The van der Waals surface area contributed by atoms with Gasteiger partial charge in [-0.2, -0.15) is 5.10 Å². The van der Waals surface area contributed by atoms with Crippen molar-refractivity contribution in [2.75, 3.05) is 18.0 Å². The number of anilines is 1. The van der Waals surface area contributed by atoms with Gasteiger partial charge >= 0.3 is 5.97 Å². The van der Waals surface area contributed by atoms with Crippen molar-refractivity contribution < 1.29 is 9.90 Å². The van der Waals surface area contributed by atoms with Crippen molar-refractivity contribution in [3.05, 3.63) is 34.3 Å². The number of hydrogen-bond donors (Lipinski definition) is 1. The van der Waals surface area contributed by atoms with E-state index >= 15 is 0 Å². The molecule has 1 aliphatic heterocycles. The maximum absolute atomic E-state index is 11.2. The van der Waals surface area contributed by atoms with Gasteiger partial charge in [-0.3, -0.25) is 9.48 Å². The Morgan fingerprint density at radius 2 is 2.17 bits per heavy atom. The molecule has 1 N–H and O–H groups in total. The van der Waals surface area contributed by atoms with Gasteiger partial charge in [0.25, 0.3) is 0 Å². The molecule has 1 unspecified atom stereocenters. The molecule has 0 radical (unpaired) electrons. The number of rotatable bonds is 3. The molecule has 0 saturated carbocycles. The van der Waals surface area contributed by atoms with Crippen LogP contribution in [0.3, 0.4) is 0 Å². The number of carboxylic acids is 1. The van der Waals surface area contributed by atoms with Crippen LogP contribution in [0.2, 0.25) is 10.0 Å². The summed E-state index contributed by atoms with van der Waals surface area (Å²) in [5.74, 6) is -0.186. The summed E-state index contributed by atoms with van der Waals surface area (Å²) in [5, 5.41) is 14.7. The van der Waals surface area contributed by atoms with E-state index in [-0.39, 0.29) is 5.92 Å². The number of piperidine rings is 1. The van der Waals surface area contributed by atoms with Crippen LogP contribution >= 0.6 is 23.2 Å². The molecular weight excluding hydrogens is 337 g/mol. The first-order valence-corrected chi connectivity index (χ1v) is 8.19. The molecule has 0 aliphatic carbocycles. The minimum absolute atomic E-state index is 0.336. The largest absolute Gasteiger partial charge is 0.481 e. The van der Waals surface area contributed by atoms with Gasteiger partial charge in [0, 0.05) is 31.8 Å². The molecule has 2 aromatic rings. The highest BCUT2D eigenvalue weighted by Gasteiger charge is 2.27. The zero-order valence-corrected chi connectivity index (χ0v) is 14.2. The Kier molecular flexibility index (Phi) is 4.50. The van der Waals surface area contributed by atoms with Crippen molar-refractivity contribution in [3.8, 4) is 11.3 Å². The minimum Gasteiger partial charge on any atom is -0.481 e. The lowest BCUT2D eigenvalue weighted by Crippen LogP contribution is -2.39. The minimum atomic E-state index is -0.741. The molecule has 0 amide bonds. The summed E-state index contributed by atoms with van der Waals surface area (Å²) in [4.78, 5) is 13.3. The Bertz CT molecular complexity index is 745. The summed E-state index contributed by atoms with van der Waals surface area (Å²) in [6.45, 7) is 1.32. The number of aromatic nitrogens is 2. The van der Waals surface area contributed by atoms with Crippen molar-refractivity contribution in [1.29, 1.82) is 0 Å². The fraction of sp³-hybridized carbons (Fsp3) is 0.375. The summed E-state index contributed by atoms with van der Waals surface area (Å²) in [5.41, 5.74) is 1.50. The first kappa shape index (κ1) is 16.1. The molecule has 0 spiro atoms. The molecular formula is C16H17Cl2N3O2. The van der Waals surface area contributed by atoms with Gasteiger partial charge in [0.05, 0.1) is 21.7 Å². The predicted molar refractivity (Wildman–Crippen MR) is 91.2 cm³/mol. The lowest BCUT2D eigenvalue weighted by atomic mass is 9.98. The molecule has 1 atom stereocenters. The Morgan fingerprint density at radius 1 is 1.39 bits per heavy atom. The fourth-order valence-corrected chi connectivity index (χ4v) is 3.37. The van der Waals surface area contributed by atoms with Gasteiger partial charge in [-0.15, -0.1) is 0 Å². The maximum Gasteiger partial charge on any atom is 0.308 e. The van der Waals surface area contributed by atoms with Crippen LogP contribution < -0.4 is 4.90 Å². The average molecular weight is 354 g/mol. The summed E-state index contributed by atoms with van der Waals surface area (Å²) in [6.07, 6.45) is 1.58. The predicted octanol–water partition coefficient (Wildman–Crippen LogP) is 3.69. The van der Waals surface area contributed by atoms with E-state index in [1.807, 2.05) is 25.2 Å². The molecule has 0 bridgehead atoms. The van der Waals surface area contributed by atoms with Crippen LogP contribution in [0.5, 0.6) is 0 Å². The van der Waals surface area contributed by atoms with E-state index in [1.165, 1.54) is 0 Å². The molecule has 5 nitrogen and oxygen atoms in total. The highest BCUT2D eigenvalue weighted by molar-refractivity contribution is 6.43. The van der Waals surface area contributed by atoms with E-state index in [0.29, 0.717) is 16.6 Å². The Balaban J connectivity index is 1.92. The van der Waals surface area contributed by atoms with Crippen LogP contribution in [0.15, 0.2) is 24.3 Å². The van der Waals surface area contributed by atoms with E-state index in [2.05, 4.69) is 10.00 Å². The molecule has 7 heteroatoms. The molecule has 1 saturated heterocycles. The molecule has 23 heavy (non-hydrogen) atoms. The zero-order chi connectivity index (χ0) is 16.6. The van der Waals surface area contributed by atoms with Gasteiger partial charge in [-0.1, -0.05) is 35.3 Å². The molecule has 2 heterocycles. The number of aryl methyl sites for hydroxylation is 1. The number of carbonyl (C=O) groups is 1. The average Bonchev–Trinajstić information content (AvgIpc) is 2.92. The van der Waals surface area contributed by atoms with Crippen molar-refractivity contribution in [2.24, 2.45) is 13.0 Å². The van der Waals surface area contributed by atoms with Gasteiger partial charge in [0.15, 0.2) is 0 Å². The summed E-state index contributed by atoms with van der Waals surface area (Å²) in [6, 6.07) is 7.37. The van der Waals surface area contributed by atoms with Crippen LogP contribution in [0.1, 0.15) is 12.8 Å². The van der Waals surface area contributed by atoms with Gasteiger partial charge in [-0.25, -0.2) is 0 Å². The highest BCUT2D eigenvalue weighted by Crippen LogP contribution is 2.35. The first-order chi connectivity index (χ1) is 11.0. The van der Waals surface area contributed by atoms with Crippen LogP contribution in [-0.2, 0) is 11.8 Å². The van der Waals surface area contributed by atoms with Gasteiger partial charge in [0.1, 0.15) is 5.82 Å². The van der Waals surface area contributed by atoms with Crippen LogP contribution in [0, 0.1) is 5.92 Å². The second kappa shape index (κ2) is 6.42. The van der Waals surface area contributed by atoms with Crippen LogP contribution in [0.4, 0.5) is 5.82 Å². The summed E-state index contributed by atoms with van der Waals surface area (Å²) in [7, 11) is 1.85. The Labute approximate surface area is 144 Å². The van der Waals surface area contributed by atoms with Crippen molar-refractivity contribution in [1.82, 2.24) is 9.78 Å². The highest BCUT2D eigenvalue weighted by atomic mass is 35.5. The third-order valence-corrected chi connectivity index (χ3v) is 5.00. The normalized spacial score (nSPS) is 18.2. The van der Waals surface area contributed by atoms with E-state index in [9.17, 15) is 9.90 Å². The summed E-state index contributed by atoms with van der Waals surface area (Å²) >= 11 is 12.3. The number of hydrogen-bond acceptors (Lipinski definition) is 3. The van der Waals surface area contributed by atoms with Gasteiger partial charge < -0.3 is 10.0 Å². The molecule has 122 valence electrons. The maximum atomic E-state index is 11.2. The van der Waals surface area contributed by atoms with Crippen molar-refractivity contribution in [3.63, 3.8) is 0 Å². The second-order valence-electron chi connectivity index (χ2n) is 5.74. The molecule has 1 aliphatic rings. The number of halogens is 2. The van der Waals surface area contributed by atoms with E-state index in [0.717, 1.165) is 36.5 Å². The summed E-state index contributed by atoms with van der Waals surface area (Å²) < 4.78 is 1.76. The van der Waals surface area contributed by atoms with Crippen LogP contribution in [0.25, 0.3) is 11.3 Å². The third kappa shape index (κ3) is 3.16. The quantitative estimate of drug-likeness (QED) is 0.913. The number of carboxylic acid groups (broad SMARTS) is 1. The molecule has 1 aromatic heterocycles. The molecule has 1 fully saturated rings. The topological polar surface area (TPSA) is 58.4 Å². The Morgan fingerprint density at radius 3 is 2.91 bits per heavy atom. The second-order valence-corrected chi connectivity index (χ2v) is 6.52. The van der Waals surface area contributed by atoms with E-state index in [4.69, 9.17) is 23.2 Å². The molecule has 1 aromatic carbocycles. The Hall–Kier alpha value is -1.72. The zero-order valence-electron chi connectivity index (χ0n) is 12.7. The lowest BCUT2D eigenvalue weighted by molar-refractivity contribution is -0.141. The monoisotopic (exact) mass is 353 g/mol. The molecule has 3 rings (SSSR count). The van der Waals surface area contributed by atoms with Crippen molar-refractivity contribution in [2.45, 2.75) is 12.8 Å². The number of aliphatic carboxylic acids is 1. The third-order valence-electron chi connectivity index (χ3n) is 4.18. The van der Waals surface area contributed by atoms with Gasteiger partial charge in [0.2, 0.25) is 0 Å². The number of benzene rings is 1. The lowest BCUT2D eigenvalue weighted by Gasteiger charge is -2.31. The van der Waals surface area contributed by atoms with Crippen molar-refractivity contribution >= 4 is 35.0 Å². The van der Waals surface area contributed by atoms with E-state index < -0.39 is 5.97 Å². The van der Waals surface area contributed by atoms with Crippen LogP contribution in [-0.4, -0.2) is 33.9 Å². The smallest absolute Gasteiger partial charge is 0.308 e. The SMILES string of the molecule is Cn1nc(-c2cccc(Cl)c2Cl)cc1N1CCCC(C(=O)O)C1. The van der Waals surface area contributed by atoms with Gasteiger partial charge in [-0.05, 0) is 18.9 Å². The number of nitrogens with zero attached hydrogens (tertiary/aromatic N) is 3. The first-order valence-electron chi connectivity index (χ1n) is 7.43. The van der Waals surface area contributed by atoms with E-state index in [1.54, 1.807) is 10.7 Å². The standard InChI is InChI=1S/C16H17Cl2N3O2/c1-20-14(21-7-3-4-10(9-21)16(22)23)8-13(19-20)11-5-2-6-12(17)15(11)18/h2,5-6,8,10H,3-4,7,9H2,1H3,(H,22,23). The fourth-order valence-electron chi connectivity index (χ4n) is 2.97.